The second-order valence-electron chi connectivity index (χ2n) is 7.48. The number of aromatic nitrogens is 1. The van der Waals surface area contributed by atoms with Gasteiger partial charge in [-0.3, -0.25) is 4.79 Å². The predicted molar refractivity (Wildman–Crippen MR) is 88.9 cm³/mol. The van der Waals surface area contributed by atoms with E-state index in [1.54, 1.807) is 0 Å². The fraction of sp³-hybridized carbons (Fsp3) is 0.778. The highest BCUT2D eigenvalue weighted by molar-refractivity contribution is 5.92. The molecule has 0 aromatic carbocycles. The van der Waals surface area contributed by atoms with Crippen LogP contribution in [0.4, 0.5) is 0 Å². The summed E-state index contributed by atoms with van der Waals surface area (Å²) in [6.45, 7) is 6.65. The minimum atomic E-state index is -0.0354. The van der Waals surface area contributed by atoms with Crippen LogP contribution in [0.3, 0.4) is 0 Å². The largest absolute Gasteiger partial charge is 0.438 e. The molecule has 0 bridgehead atoms. The number of ether oxygens (including phenoxy) is 1. The van der Waals surface area contributed by atoms with Crippen LogP contribution < -0.4 is 0 Å². The zero-order valence-electron chi connectivity index (χ0n) is 14.5. The SMILES string of the molecule is Cc1ncoc1C(=O)N1CCC2(CC1)CC(N1CCCC1)CCO2. The Bertz CT molecular complexity index is 586. The number of piperidine rings is 1. The van der Waals surface area contributed by atoms with Crippen molar-refractivity contribution >= 4 is 5.91 Å². The highest BCUT2D eigenvalue weighted by Crippen LogP contribution is 2.37. The van der Waals surface area contributed by atoms with Crippen LogP contribution in [0.5, 0.6) is 0 Å². The third-order valence-electron chi connectivity index (χ3n) is 6.03. The van der Waals surface area contributed by atoms with Crippen LogP contribution in [0.15, 0.2) is 10.8 Å². The van der Waals surface area contributed by atoms with E-state index < -0.39 is 0 Å². The van der Waals surface area contributed by atoms with Crippen LogP contribution in [0.1, 0.15) is 54.8 Å². The number of amides is 1. The first-order valence-electron chi connectivity index (χ1n) is 9.24. The van der Waals surface area contributed by atoms with Crippen LogP contribution in [0.25, 0.3) is 0 Å². The van der Waals surface area contributed by atoms with Crippen molar-refractivity contribution in [2.24, 2.45) is 0 Å². The second kappa shape index (κ2) is 6.48. The molecule has 6 heteroatoms. The maximum absolute atomic E-state index is 12.6. The van der Waals surface area contributed by atoms with E-state index >= 15 is 0 Å². The first-order valence-corrected chi connectivity index (χ1v) is 9.24. The standard InChI is InChI=1S/C18H27N3O3/c1-14-16(23-13-19-14)17(22)21-9-5-18(6-10-21)12-15(4-11-24-18)20-7-2-3-8-20/h13,15H,2-12H2,1H3. The number of carbonyl (C=O) groups is 1. The third kappa shape index (κ3) is 2.97. The summed E-state index contributed by atoms with van der Waals surface area (Å²) in [7, 11) is 0. The number of oxazole rings is 1. The predicted octanol–water partition coefficient (Wildman–Crippen LogP) is 2.23. The summed E-state index contributed by atoms with van der Waals surface area (Å²) < 4.78 is 11.5. The number of rotatable bonds is 2. The maximum atomic E-state index is 12.6. The lowest BCUT2D eigenvalue weighted by molar-refractivity contribution is -0.128. The maximum Gasteiger partial charge on any atom is 0.291 e. The molecule has 0 aliphatic carbocycles. The topological polar surface area (TPSA) is 58.8 Å². The average Bonchev–Trinajstić information content (AvgIpc) is 3.27. The minimum absolute atomic E-state index is 0.0290. The molecule has 0 radical (unpaired) electrons. The molecule has 0 saturated carbocycles. The Hall–Kier alpha value is -1.40. The molecular formula is C18H27N3O3. The normalized spacial score (nSPS) is 27.7. The lowest BCUT2D eigenvalue weighted by atomic mass is 9.82. The van der Waals surface area contributed by atoms with Gasteiger partial charge in [0, 0.05) is 25.7 Å². The lowest BCUT2D eigenvalue weighted by Crippen LogP contribution is -2.54. The number of hydrogen-bond donors (Lipinski definition) is 0. The molecule has 3 saturated heterocycles. The molecule has 1 spiro atoms. The third-order valence-corrected chi connectivity index (χ3v) is 6.03. The van der Waals surface area contributed by atoms with Crippen molar-refractivity contribution in [2.75, 3.05) is 32.8 Å². The van der Waals surface area contributed by atoms with Crippen molar-refractivity contribution in [3.8, 4) is 0 Å². The Morgan fingerprint density at radius 3 is 2.67 bits per heavy atom. The Balaban J connectivity index is 1.38. The molecule has 4 heterocycles. The van der Waals surface area contributed by atoms with Crippen molar-refractivity contribution in [1.29, 1.82) is 0 Å². The molecule has 1 amide bonds. The second-order valence-corrected chi connectivity index (χ2v) is 7.48. The number of likely N-dealkylation sites (tertiary alicyclic amines) is 2. The molecular weight excluding hydrogens is 306 g/mol. The van der Waals surface area contributed by atoms with Crippen molar-refractivity contribution < 1.29 is 13.9 Å². The molecule has 3 aliphatic heterocycles. The van der Waals surface area contributed by atoms with E-state index in [1.807, 2.05) is 11.8 Å². The van der Waals surface area contributed by atoms with Gasteiger partial charge in [-0.25, -0.2) is 4.98 Å². The lowest BCUT2D eigenvalue weighted by Gasteiger charge is -2.47. The molecule has 1 aromatic rings. The van der Waals surface area contributed by atoms with Gasteiger partial charge in [-0.2, -0.15) is 0 Å². The van der Waals surface area contributed by atoms with Gasteiger partial charge in [0.25, 0.3) is 5.91 Å². The van der Waals surface area contributed by atoms with Crippen molar-refractivity contribution in [3.05, 3.63) is 17.8 Å². The van der Waals surface area contributed by atoms with Gasteiger partial charge >= 0.3 is 0 Å². The fourth-order valence-corrected chi connectivity index (χ4v) is 4.54. The quantitative estimate of drug-likeness (QED) is 0.831. The van der Waals surface area contributed by atoms with E-state index in [9.17, 15) is 4.79 Å². The Labute approximate surface area is 143 Å². The van der Waals surface area contributed by atoms with Gasteiger partial charge in [0.2, 0.25) is 5.76 Å². The van der Waals surface area contributed by atoms with E-state index in [0.717, 1.165) is 45.4 Å². The van der Waals surface area contributed by atoms with Crippen molar-refractivity contribution in [2.45, 2.75) is 57.1 Å². The summed E-state index contributed by atoms with van der Waals surface area (Å²) in [4.78, 5) is 21.1. The summed E-state index contributed by atoms with van der Waals surface area (Å²) in [5.74, 6) is 0.345. The van der Waals surface area contributed by atoms with Gasteiger partial charge in [-0.1, -0.05) is 0 Å². The number of carbonyl (C=O) groups excluding carboxylic acids is 1. The van der Waals surface area contributed by atoms with Crippen LogP contribution in [0, 0.1) is 6.92 Å². The smallest absolute Gasteiger partial charge is 0.291 e. The molecule has 0 N–H and O–H groups in total. The summed E-state index contributed by atoms with van der Waals surface area (Å²) >= 11 is 0. The summed E-state index contributed by atoms with van der Waals surface area (Å²) in [5.41, 5.74) is 0.641. The van der Waals surface area contributed by atoms with E-state index in [0.29, 0.717) is 17.5 Å². The monoisotopic (exact) mass is 333 g/mol. The number of aryl methyl sites for hydroxylation is 1. The Morgan fingerprint density at radius 1 is 1.25 bits per heavy atom. The van der Waals surface area contributed by atoms with Gasteiger partial charge in [-0.05, 0) is 58.5 Å². The highest BCUT2D eigenvalue weighted by atomic mass is 16.5. The first kappa shape index (κ1) is 16.1. The molecule has 3 fully saturated rings. The Kier molecular flexibility index (Phi) is 4.35. The van der Waals surface area contributed by atoms with Gasteiger partial charge in [0.05, 0.1) is 11.3 Å². The molecule has 1 unspecified atom stereocenters. The van der Waals surface area contributed by atoms with Gasteiger partial charge in [0.1, 0.15) is 0 Å². The average molecular weight is 333 g/mol. The minimum Gasteiger partial charge on any atom is -0.438 e. The molecule has 6 nitrogen and oxygen atoms in total. The van der Waals surface area contributed by atoms with E-state index in [-0.39, 0.29) is 11.5 Å². The molecule has 24 heavy (non-hydrogen) atoms. The van der Waals surface area contributed by atoms with Crippen LogP contribution >= 0.6 is 0 Å². The van der Waals surface area contributed by atoms with Crippen molar-refractivity contribution in [1.82, 2.24) is 14.8 Å². The summed E-state index contributed by atoms with van der Waals surface area (Å²) in [6.07, 6.45) is 8.15. The summed E-state index contributed by atoms with van der Waals surface area (Å²) in [5, 5.41) is 0. The van der Waals surface area contributed by atoms with Crippen LogP contribution in [0.2, 0.25) is 0 Å². The molecule has 3 aliphatic rings. The highest BCUT2D eigenvalue weighted by Gasteiger charge is 2.43. The van der Waals surface area contributed by atoms with Crippen LogP contribution in [-0.2, 0) is 4.74 Å². The van der Waals surface area contributed by atoms with Crippen molar-refractivity contribution in [3.63, 3.8) is 0 Å². The zero-order chi connectivity index (χ0) is 16.6. The molecule has 1 atom stereocenters. The van der Waals surface area contributed by atoms with Gasteiger partial charge in [0.15, 0.2) is 6.39 Å². The number of hydrogen-bond acceptors (Lipinski definition) is 5. The van der Waals surface area contributed by atoms with E-state index in [1.165, 1.54) is 32.3 Å². The molecule has 4 rings (SSSR count). The zero-order valence-corrected chi connectivity index (χ0v) is 14.5. The van der Waals surface area contributed by atoms with E-state index in [4.69, 9.17) is 9.15 Å². The molecule has 132 valence electrons. The molecule has 1 aromatic heterocycles. The first-order chi connectivity index (χ1) is 11.7. The van der Waals surface area contributed by atoms with E-state index in [2.05, 4.69) is 9.88 Å². The van der Waals surface area contributed by atoms with Gasteiger partial charge in [-0.15, -0.1) is 0 Å². The van der Waals surface area contributed by atoms with Crippen LogP contribution in [-0.4, -0.2) is 65.1 Å². The summed E-state index contributed by atoms with van der Waals surface area (Å²) in [6, 6.07) is 0.667. The fourth-order valence-electron chi connectivity index (χ4n) is 4.54. The Morgan fingerprint density at radius 2 is 2.00 bits per heavy atom. The number of nitrogens with zero attached hydrogens (tertiary/aromatic N) is 3. The van der Waals surface area contributed by atoms with Gasteiger partial charge < -0.3 is 19.0 Å².